The largest absolute Gasteiger partial charge is 0.338 e. The molecule has 2 N–H and O–H groups in total. The second-order valence-corrected chi connectivity index (χ2v) is 6.12. The van der Waals surface area contributed by atoms with Gasteiger partial charge in [-0.05, 0) is 27.7 Å². The molecule has 0 bridgehead atoms. The van der Waals surface area contributed by atoms with Gasteiger partial charge in [-0.1, -0.05) is 5.16 Å². The van der Waals surface area contributed by atoms with Crippen molar-refractivity contribution in [2.45, 2.75) is 52.4 Å². The Morgan fingerprint density at radius 1 is 1.45 bits per heavy atom. The van der Waals surface area contributed by atoms with E-state index in [1.807, 2.05) is 23.6 Å². The van der Waals surface area contributed by atoms with E-state index in [-0.39, 0.29) is 24.0 Å². The molecule has 7 heteroatoms. The molecule has 7 nitrogen and oxygen atoms in total. The highest BCUT2D eigenvalue weighted by molar-refractivity contribution is 5.80. The number of hydrogen-bond donors (Lipinski definition) is 1. The molecule has 0 spiro atoms. The van der Waals surface area contributed by atoms with E-state index in [0.717, 1.165) is 6.54 Å². The van der Waals surface area contributed by atoms with E-state index >= 15 is 0 Å². The highest BCUT2D eigenvalue weighted by Gasteiger charge is 2.39. The standard InChI is InChI=1S/C13H23N5O2/c1-9(2)18-12(19)7-17(8-13(18,3)4)6-10-15-11(5-14)20-16-10/h9H,5-8,14H2,1-4H3. The first-order valence-electron chi connectivity index (χ1n) is 6.89. The Balaban J connectivity index is 2.07. The summed E-state index contributed by atoms with van der Waals surface area (Å²) in [6, 6.07) is 0.202. The fourth-order valence-electron chi connectivity index (χ4n) is 3.02. The van der Waals surface area contributed by atoms with E-state index in [9.17, 15) is 4.79 Å². The Morgan fingerprint density at radius 2 is 2.15 bits per heavy atom. The van der Waals surface area contributed by atoms with Gasteiger partial charge < -0.3 is 15.2 Å². The average molecular weight is 281 g/mol. The first-order valence-corrected chi connectivity index (χ1v) is 6.89. The summed E-state index contributed by atoms with van der Waals surface area (Å²) in [5.74, 6) is 1.14. The summed E-state index contributed by atoms with van der Waals surface area (Å²) < 4.78 is 4.99. The molecule has 0 saturated carbocycles. The second kappa shape index (κ2) is 5.49. The molecule has 0 unspecified atom stereocenters. The minimum absolute atomic E-state index is 0.138. The zero-order valence-electron chi connectivity index (χ0n) is 12.6. The van der Waals surface area contributed by atoms with Gasteiger partial charge in [0.2, 0.25) is 11.8 Å². The third-order valence-corrected chi connectivity index (χ3v) is 3.46. The van der Waals surface area contributed by atoms with Crippen LogP contribution in [0.15, 0.2) is 4.52 Å². The summed E-state index contributed by atoms with van der Waals surface area (Å²) in [6.07, 6.45) is 0. The molecule has 1 saturated heterocycles. The molecule has 1 fully saturated rings. The number of nitrogens with zero attached hydrogens (tertiary/aromatic N) is 4. The number of rotatable bonds is 4. The molecule has 0 aliphatic carbocycles. The van der Waals surface area contributed by atoms with Crippen LogP contribution in [0, 0.1) is 0 Å². The Kier molecular flexibility index (Phi) is 4.10. The topological polar surface area (TPSA) is 88.5 Å². The average Bonchev–Trinajstić information content (AvgIpc) is 2.73. The zero-order valence-corrected chi connectivity index (χ0v) is 12.6. The van der Waals surface area contributed by atoms with Crippen LogP contribution in [-0.4, -0.2) is 50.5 Å². The Morgan fingerprint density at radius 3 is 2.65 bits per heavy atom. The first kappa shape index (κ1) is 14.9. The lowest BCUT2D eigenvalue weighted by Crippen LogP contribution is -2.63. The number of piperazine rings is 1. The highest BCUT2D eigenvalue weighted by Crippen LogP contribution is 2.25. The lowest BCUT2D eigenvalue weighted by Gasteiger charge is -2.48. The van der Waals surface area contributed by atoms with E-state index in [1.165, 1.54) is 0 Å². The van der Waals surface area contributed by atoms with Crippen LogP contribution in [0.4, 0.5) is 0 Å². The maximum atomic E-state index is 12.3. The van der Waals surface area contributed by atoms with Crippen molar-refractivity contribution in [1.82, 2.24) is 19.9 Å². The summed E-state index contributed by atoms with van der Waals surface area (Å²) in [7, 11) is 0. The van der Waals surface area contributed by atoms with E-state index < -0.39 is 0 Å². The van der Waals surface area contributed by atoms with Gasteiger partial charge in [-0.25, -0.2) is 0 Å². The predicted octanol–water partition coefficient (Wildman–Crippen LogP) is 0.360. The normalized spacial score (nSPS) is 19.9. The molecule has 1 aromatic rings. The molecule has 0 aromatic carbocycles. The molecular weight excluding hydrogens is 258 g/mol. The summed E-state index contributed by atoms with van der Waals surface area (Å²) >= 11 is 0. The number of amides is 1. The van der Waals surface area contributed by atoms with E-state index in [1.54, 1.807) is 0 Å². The quantitative estimate of drug-likeness (QED) is 0.857. The van der Waals surface area contributed by atoms with Crippen molar-refractivity contribution in [3.8, 4) is 0 Å². The minimum atomic E-state index is -0.204. The molecule has 1 aromatic heterocycles. The third-order valence-electron chi connectivity index (χ3n) is 3.46. The summed E-state index contributed by atoms with van der Waals surface area (Å²) in [5, 5.41) is 3.88. The van der Waals surface area contributed by atoms with Crippen molar-refractivity contribution < 1.29 is 9.32 Å². The van der Waals surface area contributed by atoms with Crippen LogP contribution in [0.2, 0.25) is 0 Å². The number of carbonyl (C=O) groups is 1. The van der Waals surface area contributed by atoms with Gasteiger partial charge in [0, 0.05) is 12.6 Å². The Hall–Kier alpha value is -1.47. The highest BCUT2D eigenvalue weighted by atomic mass is 16.5. The summed E-state index contributed by atoms with van der Waals surface area (Å²) in [6.45, 7) is 10.2. The van der Waals surface area contributed by atoms with Gasteiger partial charge in [0.05, 0.1) is 25.2 Å². The molecule has 2 rings (SSSR count). The molecule has 0 atom stereocenters. The molecule has 1 aliphatic heterocycles. The number of aromatic nitrogens is 2. The van der Waals surface area contributed by atoms with Crippen LogP contribution in [0.25, 0.3) is 0 Å². The van der Waals surface area contributed by atoms with Crippen molar-refractivity contribution in [2.75, 3.05) is 13.1 Å². The van der Waals surface area contributed by atoms with Gasteiger partial charge in [0.25, 0.3) is 0 Å². The predicted molar refractivity (Wildman–Crippen MR) is 73.5 cm³/mol. The maximum absolute atomic E-state index is 12.3. The molecule has 112 valence electrons. The molecule has 0 radical (unpaired) electrons. The van der Waals surface area contributed by atoms with Gasteiger partial charge in [0.1, 0.15) is 0 Å². The van der Waals surface area contributed by atoms with Crippen LogP contribution in [0.5, 0.6) is 0 Å². The van der Waals surface area contributed by atoms with Crippen molar-refractivity contribution in [3.05, 3.63) is 11.7 Å². The van der Waals surface area contributed by atoms with Crippen LogP contribution < -0.4 is 5.73 Å². The number of hydrogen-bond acceptors (Lipinski definition) is 6. The smallest absolute Gasteiger partial charge is 0.240 e. The van der Waals surface area contributed by atoms with Crippen LogP contribution in [0.1, 0.15) is 39.4 Å². The van der Waals surface area contributed by atoms with Gasteiger partial charge >= 0.3 is 0 Å². The van der Waals surface area contributed by atoms with Crippen molar-refractivity contribution in [1.29, 1.82) is 0 Å². The third kappa shape index (κ3) is 2.99. The second-order valence-electron chi connectivity index (χ2n) is 6.12. The molecule has 1 amide bonds. The van der Waals surface area contributed by atoms with Gasteiger partial charge in [-0.15, -0.1) is 0 Å². The fourth-order valence-corrected chi connectivity index (χ4v) is 3.02. The van der Waals surface area contributed by atoms with E-state index in [4.69, 9.17) is 10.3 Å². The van der Waals surface area contributed by atoms with Gasteiger partial charge in [0.15, 0.2) is 5.82 Å². The van der Waals surface area contributed by atoms with Crippen LogP contribution in [-0.2, 0) is 17.9 Å². The summed E-state index contributed by atoms with van der Waals surface area (Å²) in [4.78, 5) is 20.5. The lowest BCUT2D eigenvalue weighted by molar-refractivity contribution is -0.148. The first-order chi connectivity index (χ1) is 9.33. The van der Waals surface area contributed by atoms with Crippen molar-refractivity contribution >= 4 is 5.91 Å². The molecule has 20 heavy (non-hydrogen) atoms. The lowest BCUT2D eigenvalue weighted by atomic mass is 9.96. The number of carbonyl (C=O) groups excluding carboxylic acids is 1. The fraction of sp³-hybridized carbons (Fsp3) is 0.769. The Labute approximate surface area is 119 Å². The summed E-state index contributed by atoms with van der Waals surface area (Å²) in [5.41, 5.74) is 5.24. The van der Waals surface area contributed by atoms with Crippen LogP contribution in [0.3, 0.4) is 0 Å². The van der Waals surface area contributed by atoms with Crippen LogP contribution >= 0.6 is 0 Å². The van der Waals surface area contributed by atoms with Gasteiger partial charge in [-0.3, -0.25) is 9.69 Å². The van der Waals surface area contributed by atoms with Crippen molar-refractivity contribution in [3.63, 3.8) is 0 Å². The molecule has 1 aliphatic rings. The molecular formula is C13H23N5O2. The zero-order chi connectivity index (χ0) is 14.9. The minimum Gasteiger partial charge on any atom is -0.338 e. The van der Waals surface area contributed by atoms with E-state index in [2.05, 4.69) is 24.0 Å². The number of nitrogens with two attached hydrogens (primary N) is 1. The van der Waals surface area contributed by atoms with E-state index in [0.29, 0.717) is 24.8 Å². The Bertz CT molecular complexity index is 483. The monoisotopic (exact) mass is 281 g/mol. The van der Waals surface area contributed by atoms with Crippen molar-refractivity contribution in [2.24, 2.45) is 5.73 Å². The molecule has 2 heterocycles. The SMILES string of the molecule is CC(C)N1C(=O)CN(Cc2noc(CN)n2)CC1(C)C. The maximum Gasteiger partial charge on any atom is 0.240 e. The van der Waals surface area contributed by atoms with Gasteiger partial charge in [-0.2, -0.15) is 4.98 Å².